The van der Waals surface area contributed by atoms with Crippen molar-refractivity contribution >= 4 is 23.9 Å². The number of amides is 5. The Morgan fingerprint density at radius 2 is 1.73 bits per heavy atom. The van der Waals surface area contributed by atoms with Gasteiger partial charge in [0.1, 0.15) is 12.1 Å². The molecule has 9 heteroatoms. The van der Waals surface area contributed by atoms with Crippen LogP contribution in [0.2, 0.25) is 0 Å². The fraction of sp³-hybridized carbons (Fsp3) is 0.810. The highest BCUT2D eigenvalue weighted by Crippen LogP contribution is 2.27. The van der Waals surface area contributed by atoms with Gasteiger partial charge in [-0.2, -0.15) is 0 Å². The molecule has 0 spiro atoms. The maximum absolute atomic E-state index is 12.4. The second kappa shape index (κ2) is 10.1. The molecule has 0 aromatic heterocycles. The maximum Gasteiger partial charge on any atom is 0.408 e. The van der Waals surface area contributed by atoms with E-state index in [0.717, 1.165) is 38.5 Å². The number of alkyl carbamates (subject to hydrolysis) is 1. The lowest BCUT2D eigenvalue weighted by molar-refractivity contribution is -0.126. The summed E-state index contributed by atoms with van der Waals surface area (Å²) < 4.78 is 5.43. The van der Waals surface area contributed by atoms with Gasteiger partial charge >= 0.3 is 12.1 Å². The van der Waals surface area contributed by atoms with E-state index in [0.29, 0.717) is 13.0 Å². The van der Waals surface area contributed by atoms with Crippen LogP contribution in [0.25, 0.3) is 0 Å². The molecule has 5 amide bonds. The minimum Gasteiger partial charge on any atom is -0.444 e. The third-order valence-electron chi connectivity index (χ3n) is 5.47. The maximum atomic E-state index is 12.4. The summed E-state index contributed by atoms with van der Waals surface area (Å²) in [5, 5.41) is 5.96. The minimum atomic E-state index is -0.586. The van der Waals surface area contributed by atoms with Crippen LogP contribution in [-0.2, 0) is 14.3 Å². The first-order chi connectivity index (χ1) is 14.0. The highest BCUT2D eigenvalue weighted by molar-refractivity contribution is 6.01. The third kappa shape index (κ3) is 7.18. The van der Waals surface area contributed by atoms with Gasteiger partial charge in [0.2, 0.25) is 11.8 Å². The van der Waals surface area contributed by atoms with Crippen molar-refractivity contribution in [2.75, 3.05) is 26.7 Å². The minimum absolute atomic E-state index is 0.0872. The lowest BCUT2D eigenvalue weighted by atomic mass is 9.90. The Morgan fingerprint density at radius 3 is 2.27 bits per heavy atom. The lowest BCUT2D eigenvalue weighted by Gasteiger charge is -2.35. The molecule has 2 rings (SSSR count). The zero-order valence-electron chi connectivity index (χ0n) is 18.7. The van der Waals surface area contributed by atoms with E-state index in [1.165, 1.54) is 9.80 Å². The molecule has 2 fully saturated rings. The number of nitrogens with zero attached hydrogens (tertiary/aromatic N) is 2. The number of hydrogen-bond acceptors (Lipinski definition) is 5. The van der Waals surface area contributed by atoms with Crippen molar-refractivity contribution in [3.8, 4) is 0 Å². The molecule has 0 aromatic rings. The molecule has 30 heavy (non-hydrogen) atoms. The molecule has 1 saturated heterocycles. The smallest absolute Gasteiger partial charge is 0.408 e. The van der Waals surface area contributed by atoms with E-state index in [1.54, 1.807) is 7.05 Å². The van der Waals surface area contributed by atoms with Gasteiger partial charge in [-0.25, -0.2) is 9.59 Å². The number of urea groups is 1. The van der Waals surface area contributed by atoms with E-state index >= 15 is 0 Å². The Kier molecular flexibility index (Phi) is 8.09. The molecule has 1 aliphatic carbocycles. The summed E-state index contributed by atoms with van der Waals surface area (Å²) in [4.78, 5) is 51.0. The number of likely N-dealkylation sites (N-methyl/N-ethyl adjacent to an activating group) is 1. The van der Waals surface area contributed by atoms with Gasteiger partial charge in [-0.15, -0.1) is 0 Å². The molecule has 170 valence electrons. The van der Waals surface area contributed by atoms with Crippen LogP contribution in [0.4, 0.5) is 9.59 Å². The molecule has 1 saturated carbocycles. The van der Waals surface area contributed by atoms with Gasteiger partial charge in [-0.1, -0.05) is 25.7 Å². The van der Waals surface area contributed by atoms with Crippen LogP contribution in [0.15, 0.2) is 0 Å². The summed E-state index contributed by atoms with van der Waals surface area (Å²) in [6.07, 6.45) is 5.92. The lowest BCUT2D eigenvalue weighted by Crippen LogP contribution is -2.56. The number of ether oxygens (including phenoxy) is 1. The predicted octanol–water partition coefficient (Wildman–Crippen LogP) is 2.39. The molecular formula is C21H36N4O5. The Hall–Kier alpha value is -2.32. The molecule has 9 nitrogen and oxygen atoms in total. The quantitative estimate of drug-likeness (QED) is 0.482. The number of carbonyl (C=O) groups is 4. The number of hydrogen-bond donors (Lipinski definition) is 2. The monoisotopic (exact) mass is 424 g/mol. The van der Waals surface area contributed by atoms with E-state index in [4.69, 9.17) is 4.74 Å². The van der Waals surface area contributed by atoms with Crippen LogP contribution in [0.3, 0.4) is 0 Å². The number of rotatable bonds is 7. The van der Waals surface area contributed by atoms with Crippen molar-refractivity contribution < 1.29 is 23.9 Å². The van der Waals surface area contributed by atoms with Crippen LogP contribution in [0, 0.1) is 0 Å². The van der Waals surface area contributed by atoms with Crippen LogP contribution in [0.1, 0.15) is 72.1 Å². The third-order valence-corrected chi connectivity index (χ3v) is 5.47. The van der Waals surface area contributed by atoms with Gasteiger partial charge in [0.15, 0.2) is 0 Å². The number of carbonyl (C=O) groups excluding carboxylic acids is 4. The second-order valence-electron chi connectivity index (χ2n) is 9.39. The zero-order chi connectivity index (χ0) is 22.4. The molecule has 0 bridgehead atoms. The molecule has 0 unspecified atom stereocenters. The molecular weight excluding hydrogens is 388 g/mol. The van der Waals surface area contributed by atoms with Crippen LogP contribution < -0.4 is 10.6 Å². The fourth-order valence-corrected chi connectivity index (χ4v) is 3.91. The van der Waals surface area contributed by atoms with Gasteiger partial charge in [-0.05, 0) is 40.0 Å². The van der Waals surface area contributed by atoms with Crippen molar-refractivity contribution in [1.29, 1.82) is 0 Å². The molecule has 0 atom stereocenters. The summed E-state index contributed by atoms with van der Waals surface area (Å²) in [5.74, 6) is -0.390. The summed E-state index contributed by atoms with van der Waals surface area (Å²) in [7, 11) is 1.58. The van der Waals surface area contributed by atoms with Crippen molar-refractivity contribution in [2.45, 2.75) is 83.3 Å². The SMILES string of the molecule is CN1CC(=O)N(CCCC(=O)NCC2(NC(=O)OC(C)(C)C)CCCCCC2)C1=O. The summed E-state index contributed by atoms with van der Waals surface area (Å²) in [5.41, 5.74) is -1.10. The average molecular weight is 425 g/mol. The van der Waals surface area contributed by atoms with E-state index < -0.39 is 17.2 Å². The zero-order valence-corrected chi connectivity index (χ0v) is 18.7. The van der Waals surface area contributed by atoms with Crippen LogP contribution >= 0.6 is 0 Å². The first kappa shape index (κ1) is 24.0. The van der Waals surface area contributed by atoms with Gasteiger partial charge in [0.05, 0.1) is 5.54 Å². The number of imide groups is 1. The number of nitrogens with one attached hydrogen (secondary N) is 2. The molecule has 0 aromatic carbocycles. The molecule has 1 heterocycles. The molecule has 1 aliphatic heterocycles. The Balaban J connectivity index is 1.85. The van der Waals surface area contributed by atoms with Gasteiger partial charge in [0.25, 0.3) is 0 Å². The summed E-state index contributed by atoms with van der Waals surface area (Å²) >= 11 is 0. The largest absolute Gasteiger partial charge is 0.444 e. The Labute approximate surface area is 178 Å². The van der Waals surface area contributed by atoms with Crippen molar-refractivity contribution in [3.05, 3.63) is 0 Å². The highest BCUT2D eigenvalue weighted by atomic mass is 16.6. The normalized spacial score (nSPS) is 19.5. The van der Waals surface area contributed by atoms with Gasteiger partial charge < -0.3 is 20.3 Å². The summed E-state index contributed by atoms with van der Waals surface area (Å²) in [6, 6.07) is -0.320. The Morgan fingerprint density at radius 1 is 1.10 bits per heavy atom. The first-order valence-corrected chi connectivity index (χ1v) is 10.8. The first-order valence-electron chi connectivity index (χ1n) is 10.8. The topological polar surface area (TPSA) is 108 Å². The van der Waals surface area contributed by atoms with E-state index in [1.807, 2.05) is 20.8 Å². The van der Waals surface area contributed by atoms with E-state index in [2.05, 4.69) is 10.6 Å². The fourth-order valence-electron chi connectivity index (χ4n) is 3.91. The molecule has 0 radical (unpaired) electrons. The standard InChI is InChI=1S/C21H36N4O5/c1-20(2,3)30-18(28)23-21(11-7-5-6-8-12-21)15-22-16(26)10-9-13-25-17(27)14-24(4)19(25)29/h5-15H2,1-4H3,(H,22,26)(H,23,28). The molecule has 2 aliphatic rings. The Bertz CT molecular complexity index is 650. The second-order valence-corrected chi connectivity index (χ2v) is 9.39. The van der Waals surface area contributed by atoms with Gasteiger partial charge in [-0.3, -0.25) is 14.5 Å². The summed E-state index contributed by atoms with van der Waals surface area (Å²) in [6.45, 7) is 6.13. The predicted molar refractivity (Wildman–Crippen MR) is 112 cm³/mol. The van der Waals surface area contributed by atoms with Crippen molar-refractivity contribution in [1.82, 2.24) is 20.4 Å². The van der Waals surface area contributed by atoms with E-state index in [-0.39, 0.29) is 37.4 Å². The highest BCUT2D eigenvalue weighted by Gasteiger charge is 2.35. The van der Waals surface area contributed by atoms with Crippen LogP contribution in [0.5, 0.6) is 0 Å². The van der Waals surface area contributed by atoms with Gasteiger partial charge in [0, 0.05) is 26.6 Å². The van der Waals surface area contributed by atoms with E-state index in [9.17, 15) is 19.2 Å². The van der Waals surface area contributed by atoms with Crippen LogP contribution in [-0.4, -0.2) is 71.6 Å². The van der Waals surface area contributed by atoms with Crippen molar-refractivity contribution in [2.24, 2.45) is 0 Å². The molecule has 2 N–H and O–H groups in total. The van der Waals surface area contributed by atoms with Crippen molar-refractivity contribution in [3.63, 3.8) is 0 Å². The average Bonchev–Trinajstić information content (AvgIpc) is 2.79.